The molecule has 3 rings (SSSR count). The zero-order valence-corrected chi connectivity index (χ0v) is 20.2. The fourth-order valence-corrected chi connectivity index (χ4v) is 6.09. The maximum Gasteiger partial charge on any atom is 0.411 e. The summed E-state index contributed by atoms with van der Waals surface area (Å²) in [6, 6.07) is 0. The van der Waals surface area contributed by atoms with Crippen LogP contribution in [-0.4, -0.2) is 70.9 Å². The predicted molar refractivity (Wildman–Crippen MR) is 109 cm³/mol. The lowest BCUT2D eigenvalue weighted by atomic mass is 9.68. The molecule has 176 valence electrons. The highest BCUT2D eigenvalue weighted by Gasteiger charge is 2.72. The minimum absolute atomic E-state index is 0.0158. The molecule has 3 fully saturated rings. The van der Waals surface area contributed by atoms with E-state index in [0.29, 0.717) is 13.0 Å². The Kier molecular flexibility index (Phi) is 6.51. The van der Waals surface area contributed by atoms with Gasteiger partial charge in [-0.25, -0.2) is 0 Å². The molecule has 2 aliphatic heterocycles. The smallest absolute Gasteiger partial charge is 0.411 e. The second-order valence-corrected chi connectivity index (χ2v) is 15.5. The Hall–Kier alpha value is -0.193. The maximum absolute atomic E-state index is 12.3. The zero-order valence-electron chi connectivity index (χ0n) is 19.2. The van der Waals surface area contributed by atoms with Gasteiger partial charge in [-0.15, -0.1) is 0 Å². The van der Waals surface area contributed by atoms with E-state index in [-0.39, 0.29) is 41.5 Å². The van der Waals surface area contributed by atoms with E-state index in [0.717, 1.165) is 12.8 Å². The standard InChI is InChI=1S/C21H37F3O5Si/c1-18(2,3)30(6,7)29-14-8-10-20(12-27-20)17(16(14)25-5)19(4)15(28-19)9-11-26-13-21(22,23)24/h14-17H,8-13H2,1-7H3/t14?,15-,16-,17-,19+,20+/m1/s1. The van der Waals surface area contributed by atoms with Gasteiger partial charge in [-0.1, -0.05) is 20.8 Å². The Labute approximate surface area is 179 Å². The van der Waals surface area contributed by atoms with Crippen LogP contribution < -0.4 is 0 Å². The molecule has 3 aliphatic rings. The van der Waals surface area contributed by atoms with E-state index in [1.807, 2.05) is 6.92 Å². The van der Waals surface area contributed by atoms with Crippen LogP contribution in [0.2, 0.25) is 18.1 Å². The summed E-state index contributed by atoms with van der Waals surface area (Å²) in [5.74, 6) is -0.0221. The molecule has 0 aromatic rings. The molecule has 1 spiro atoms. The molecule has 0 N–H and O–H groups in total. The minimum atomic E-state index is -4.31. The van der Waals surface area contributed by atoms with Crippen molar-refractivity contribution in [3.63, 3.8) is 0 Å². The van der Waals surface area contributed by atoms with Crippen LogP contribution in [0, 0.1) is 5.92 Å². The Morgan fingerprint density at radius 2 is 1.80 bits per heavy atom. The second kappa shape index (κ2) is 7.99. The van der Waals surface area contributed by atoms with Crippen LogP contribution in [0.5, 0.6) is 0 Å². The van der Waals surface area contributed by atoms with Gasteiger partial charge in [0.1, 0.15) is 12.2 Å². The van der Waals surface area contributed by atoms with E-state index in [1.165, 1.54) is 0 Å². The van der Waals surface area contributed by atoms with Gasteiger partial charge in [-0.3, -0.25) is 0 Å². The van der Waals surface area contributed by atoms with Crippen LogP contribution in [0.1, 0.15) is 47.0 Å². The third-order valence-corrected chi connectivity index (χ3v) is 12.0. The summed E-state index contributed by atoms with van der Waals surface area (Å²) in [5.41, 5.74) is -0.779. The highest BCUT2D eigenvalue weighted by Crippen LogP contribution is 2.60. The number of methoxy groups -OCH3 is 1. The average molecular weight is 455 g/mol. The third kappa shape index (κ3) is 4.91. The molecule has 9 heteroatoms. The van der Waals surface area contributed by atoms with Crippen LogP contribution in [0.3, 0.4) is 0 Å². The molecule has 2 heterocycles. The van der Waals surface area contributed by atoms with Gasteiger partial charge in [0.05, 0.1) is 36.4 Å². The highest BCUT2D eigenvalue weighted by molar-refractivity contribution is 6.74. The van der Waals surface area contributed by atoms with Crippen molar-refractivity contribution in [2.24, 2.45) is 5.92 Å². The van der Waals surface area contributed by atoms with Gasteiger partial charge in [0.25, 0.3) is 0 Å². The number of alkyl halides is 3. The summed E-state index contributed by atoms with van der Waals surface area (Å²) in [5, 5.41) is 0.0876. The Balaban J connectivity index is 1.68. The van der Waals surface area contributed by atoms with Crippen molar-refractivity contribution in [3.05, 3.63) is 0 Å². The van der Waals surface area contributed by atoms with Crippen LogP contribution in [-0.2, 0) is 23.4 Å². The summed E-state index contributed by atoms with van der Waals surface area (Å²) >= 11 is 0. The van der Waals surface area contributed by atoms with Crippen molar-refractivity contribution < 1.29 is 36.5 Å². The largest absolute Gasteiger partial charge is 0.411 e. The van der Waals surface area contributed by atoms with Gasteiger partial charge in [0.15, 0.2) is 8.32 Å². The molecule has 0 bridgehead atoms. The first-order valence-corrected chi connectivity index (χ1v) is 13.7. The van der Waals surface area contributed by atoms with Gasteiger partial charge >= 0.3 is 6.18 Å². The van der Waals surface area contributed by atoms with Gasteiger partial charge in [-0.2, -0.15) is 13.2 Å². The number of epoxide rings is 2. The highest BCUT2D eigenvalue weighted by atomic mass is 28.4. The van der Waals surface area contributed by atoms with Crippen molar-refractivity contribution in [1.29, 1.82) is 0 Å². The van der Waals surface area contributed by atoms with E-state index in [4.69, 9.17) is 23.4 Å². The van der Waals surface area contributed by atoms with E-state index in [9.17, 15) is 13.2 Å². The van der Waals surface area contributed by atoms with E-state index in [1.54, 1.807) is 7.11 Å². The maximum atomic E-state index is 12.3. The van der Waals surface area contributed by atoms with E-state index >= 15 is 0 Å². The summed E-state index contributed by atoms with van der Waals surface area (Å²) < 4.78 is 66.4. The fraction of sp³-hybridized carbons (Fsp3) is 1.00. The van der Waals surface area contributed by atoms with Crippen LogP contribution in [0.25, 0.3) is 0 Å². The van der Waals surface area contributed by atoms with Crippen molar-refractivity contribution in [3.8, 4) is 0 Å². The molecule has 0 aromatic heterocycles. The molecule has 1 aliphatic carbocycles. The lowest BCUT2D eigenvalue weighted by molar-refractivity contribution is -0.174. The molecule has 1 saturated carbocycles. The van der Waals surface area contributed by atoms with E-state index < -0.39 is 26.7 Å². The first-order chi connectivity index (χ1) is 13.7. The molecule has 30 heavy (non-hydrogen) atoms. The van der Waals surface area contributed by atoms with Crippen LogP contribution in [0.15, 0.2) is 0 Å². The van der Waals surface area contributed by atoms with Crippen molar-refractivity contribution in [2.75, 3.05) is 26.9 Å². The van der Waals surface area contributed by atoms with E-state index in [2.05, 4.69) is 33.9 Å². The molecule has 5 nitrogen and oxygen atoms in total. The van der Waals surface area contributed by atoms with Gasteiger partial charge in [0, 0.05) is 13.7 Å². The van der Waals surface area contributed by atoms with Crippen molar-refractivity contribution in [1.82, 2.24) is 0 Å². The molecular formula is C21H37F3O5Si. The SMILES string of the molecule is CO[C@@H]1C(O[Si](C)(C)C(C)(C)C)CC[C@]2(CO2)[C@H]1[C@@]1(C)O[C@@H]1CCOCC(F)(F)F. The summed E-state index contributed by atoms with van der Waals surface area (Å²) in [6.07, 6.45) is -2.52. The predicted octanol–water partition coefficient (Wildman–Crippen LogP) is 4.70. The number of ether oxygens (including phenoxy) is 4. The molecule has 0 aromatic carbocycles. The van der Waals surface area contributed by atoms with Crippen LogP contribution >= 0.6 is 0 Å². The quantitative estimate of drug-likeness (QED) is 0.302. The molecule has 1 unspecified atom stereocenters. The molecule has 0 amide bonds. The third-order valence-electron chi connectivity index (χ3n) is 7.54. The van der Waals surface area contributed by atoms with Gasteiger partial charge in [-0.05, 0) is 44.3 Å². The zero-order chi connectivity index (χ0) is 22.6. The average Bonchev–Trinajstić information content (AvgIpc) is 3.49. The fourth-order valence-electron chi connectivity index (χ4n) is 4.72. The summed E-state index contributed by atoms with van der Waals surface area (Å²) in [6.45, 7) is 12.6. The topological polar surface area (TPSA) is 52.8 Å². The first kappa shape index (κ1) is 24.4. The van der Waals surface area contributed by atoms with Crippen LogP contribution in [0.4, 0.5) is 13.2 Å². The monoisotopic (exact) mass is 454 g/mol. The lowest BCUT2D eigenvalue weighted by Gasteiger charge is -2.47. The minimum Gasteiger partial charge on any atom is -0.411 e. The Morgan fingerprint density at radius 1 is 1.17 bits per heavy atom. The molecule has 2 saturated heterocycles. The first-order valence-electron chi connectivity index (χ1n) is 10.8. The number of halogens is 3. The Bertz CT molecular complexity index is 617. The normalized spacial score (nSPS) is 39.4. The summed E-state index contributed by atoms with van der Waals surface area (Å²) in [4.78, 5) is 0. The number of hydrogen-bond acceptors (Lipinski definition) is 5. The number of hydrogen-bond donors (Lipinski definition) is 0. The van der Waals surface area contributed by atoms with Gasteiger partial charge in [0.2, 0.25) is 0 Å². The van der Waals surface area contributed by atoms with Crippen molar-refractivity contribution >= 4 is 8.32 Å². The Morgan fingerprint density at radius 3 is 2.30 bits per heavy atom. The summed E-state index contributed by atoms with van der Waals surface area (Å²) in [7, 11) is -0.291. The van der Waals surface area contributed by atoms with Crippen molar-refractivity contribution in [2.45, 2.75) is 101 Å². The molecule has 6 atom stereocenters. The molecular weight excluding hydrogens is 417 g/mol. The number of rotatable bonds is 8. The lowest BCUT2D eigenvalue weighted by Crippen LogP contribution is -2.58. The second-order valence-electron chi connectivity index (χ2n) is 10.7. The molecule has 0 radical (unpaired) electrons. The van der Waals surface area contributed by atoms with Gasteiger partial charge < -0.3 is 23.4 Å².